The van der Waals surface area contributed by atoms with Crippen LogP contribution in [0, 0.1) is 17.8 Å². The highest BCUT2D eigenvalue weighted by molar-refractivity contribution is 5.76. The van der Waals surface area contributed by atoms with Crippen LogP contribution in [0.2, 0.25) is 0 Å². The Bertz CT molecular complexity index is 295. The lowest BCUT2D eigenvalue weighted by molar-refractivity contribution is -0.138. The molecule has 4 N–H and O–H groups in total. The van der Waals surface area contributed by atoms with E-state index in [1.54, 1.807) is 0 Å². The molecule has 0 saturated heterocycles. The van der Waals surface area contributed by atoms with Gasteiger partial charge in [-0.3, -0.25) is 9.59 Å². The van der Waals surface area contributed by atoms with Gasteiger partial charge in [0.15, 0.2) is 0 Å². The molecule has 0 rings (SSSR count). The lowest BCUT2D eigenvalue weighted by atomic mass is 9.91. The highest BCUT2D eigenvalue weighted by Crippen LogP contribution is 2.18. The van der Waals surface area contributed by atoms with Gasteiger partial charge in [-0.15, -0.1) is 0 Å². The van der Waals surface area contributed by atoms with Crippen molar-refractivity contribution in [1.82, 2.24) is 5.32 Å². The second kappa shape index (κ2) is 10.7. The number of hydrogen-bond donors (Lipinski definition) is 3. The third-order valence-electron chi connectivity index (χ3n) is 3.68. The zero-order chi connectivity index (χ0) is 15.5. The Kier molecular flexibility index (Phi) is 10.1. The van der Waals surface area contributed by atoms with Gasteiger partial charge in [-0.1, -0.05) is 27.2 Å². The lowest BCUT2D eigenvalue weighted by Crippen LogP contribution is -2.32. The van der Waals surface area contributed by atoms with E-state index in [0.717, 1.165) is 19.3 Å². The van der Waals surface area contributed by atoms with E-state index in [9.17, 15) is 9.59 Å². The molecule has 0 bridgehead atoms. The molecule has 0 fully saturated rings. The molecule has 0 aromatic rings. The van der Waals surface area contributed by atoms with Crippen LogP contribution in [0.4, 0.5) is 0 Å². The third-order valence-corrected chi connectivity index (χ3v) is 3.68. The van der Waals surface area contributed by atoms with Crippen LogP contribution in [0.25, 0.3) is 0 Å². The SMILES string of the molecule is CCC(C)CC(CNC(=O)CC(C)CCN)CC(=O)O. The quantitative estimate of drug-likeness (QED) is 0.541. The van der Waals surface area contributed by atoms with Gasteiger partial charge in [0.2, 0.25) is 5.91 Å². The minimum atomic E-state index is -0.802. The second-order valence-corrected chi connectivity index (χ2v) is 5.90. The molecule has 0 heterocycles. The Labute approximate surface area is 122 Å². The highest BCUT2D eigenvalue weighted by Gasteiger charge is 2.17. The van der Waals surface area contributed by atoms with Crippen molar-refractivity contribution in [2.75, 3.05) is 13.1 Å². The normalized spacial score (nSPS) is 15.4. The first-order valence-electron chi connectivity index (χ1n) is 7.57. The molecule has 0 aromatic heterocycles. The molecule has 0 saturated carbocycles. The summed E-state index contributed by atoms with van der Waals surface area (Å²) in [6, 6.07) is 0. The minimum Gasteiger partial charge on any atom is -0.481 e. The van der Waals surface area contributed by atoms with Gasteiger partial charge < -0.3 is 16.2 Å². The Morgan fingerprint density at radius 1 is 1.20 bits per heavy atom. The lowest BCUT2D eigenvalue weighted by Gasteiger charge is -2.19. The van der Waals surface area contributed by atoms with Crippen LogP contribution in [0.5, 0.6) is 0 Å². The predicted octanol–water partition coefficient (Wildman–Crippen LogP) is 2.00. The van der Waals surface area contributed by atoms with Crippen molar-refractivity contribution >= 4 is 11.9 Å². The maximum Gasteiger partial charge on any atom is 0.303 e. The smallest absolute Gasteiger partial charge is 0.303 e. The van der Waals surface area contributed by atoms with E-state index in [1.165, 1.54) is 0 Å². The van der Waals surface area contributed by atoms with Crippen molar-refractivity contribution in [2.45, 2.75) is 52.9 Å². The van der Waals surface area contributed by atoms with E-state index in [0.29, 0.717) is 25.4 Å². The molecule has 5 heteroatoms. The fourth-order valence-corrected chi connectivity index (χ4v) is 2.25. The van der Waals surface area contributed by atoms with Crippen LogP contribution >= 0.6 is 0 Å². The van der Waals surface area contributed by atoms with Crippen LogP contribution in [0.1, 0.15) is 52.9 Å². The predicted molar refractivity (Wildman–Crippen MR) is 80.3 cm³/mol. The first-order chi connectivity index (χ1) is 9.38. The van der Waals surface area contributed by atoms with Crippen LogP contribution in [-0.2, 0) is 9.59 Å². The van der Waals surface area contributed by atoms with E-state index < -0.39 is 5.97 Å². The number of rotatable bonds is 11. The number of nitrogens with two attached hydrogens (primary N) is 1. The summed E-state index contributed by atoms with van der Waals surface area (Å²) in [7, 11) is 0. The fourth-order valence-electron chi connectivity index (χ4n) is 2.25. The Hall–Kier alpha value is -1.10. The molecule has 0 radical (unpaired) electrons. The molecule has 20 heavy (non-hydrogen) atoms. The topological polar surface area (TPSA) is 92.4 Å². The summed E-state index contributed by atoms with van der Waals surface area (Å²) in [5.41, 5.74) is 5.46. The van der Waals surface area contributed by atoms with Crippen molar-refractivity contribution in [3.8, 4) is 0 Å². The van der Waals surface area contributed by atoms with Gasteiger partial charge >= 0.3 is 5.97 Å². The summed E-state index contributed by atoms with van der Waals surface area (Å²) in [5, 5.41) is 11.8. The van der Waals surface area contributed by atoms with E-state index in [4.69, 9.17) is 10.8 Å². The molecule has 3 atom stereocenters. The van der Waals surface area contributed by atoms with E-state index in [1.807, 2.05) is 6.92 Å². The number of amides is 1. The number of carbonyl (C=O) groups is 2. The largest absolute Gasteiger partial charge is 0.481 e. The third kappa shape index (κ3) is 9.78. The van der Waals surface area contributed by atoms with Gasteiger partial charge in [0.25, 0.3) is 0 Å². The number of hydrogen-bond acceptors (Lipinski definition) is 3. The number of carboxylic acid groups (broad SMARTS) is 1. The molecular formula is C15H30N2O3. The zero-order valence-electron chi connectivity index (χ0n) is 13.0. The molecule has 5 nitrogen and oxygen atoms in total. The van der Waals surface area contributed by atoms with Crippen molar-refractivity contribution in [3.63, 3.8) is 0 Å². The van der Waals surface area contributed by atoms with Crippen LogP contribution in [0.15, 0.2) is 0 Å². The monoisotopic (exact) mass is 286 g/mol. The molecule has 1 amide bonds. The molecule has 0 aromatic carbocycles. The molecule has 0 aliphatic rings. The van der Waals surface area contributed by atoms with Gasteiger partial charge in [-0.05, 0) is 37.1 Å². The molecule has 0 spiro atoms. The van der Waals surface area contributed by atoms with Crippen LogP contribution in [-0.4, -0.2) is 30.1 Å². The summed E-state index contributed by atoms with van der Waals surface area (Å²) < 4.78 is 0. The van der Waals surface area contributed by atoms with Crippen molar-refractivity contribution in [3.05, 3.63) is 0 Å². The zero-order valence-corrected chi connectivity index (χ0v) is 13.0. The highest BCUT2D eigenvalue weighted by atomic mass is 16.4. The maximum absolute atomic E-state index is 11.8. The van der Waals surface area contributed by atoms with Crippen molar-refractivity contribution in [1.29, 1.82) is 0 Å². The summed E-state index contributed by atoms with van der Waals surface area (Å²) in [6.07, 6.45) is 3.27. The fraction of sp³-hybridized carbons (Fsp3) is 0.867. The van der Waals surface area contributed by atoms with Crippen LogP contribution in [0.3, 0.4) is 0 Å². The first-order valence-corrected chi connectivity index (χ1v) is 7.57. The van der Waals surface area contributed by atoms with Gasteiger partial charge in [0.05, 0.1) is 0 Å². The summed E-state index contributed by atoms with van der Waals surface area (Å²) in [5.74, 6) is -0.0503. The number of carboxylic acids is 1. The summed E-state index contributed by atoms with van der Waals surface area (Å²) in [4.78, 5) is 22.6. The average Bonchev–Trinajstić information content (AvgIpc) is 2.35. The Morgan fingerprint density at radius 2 is 1.85 bits per heavy atom. The molecule has 0 aliphatic carbocycles. The van der Waals surface area contributed by atoms with Gasteiger partial charge in [-0.25, -0.2) is 0 Å². The molecular weight excluding hydrogens is 256 g/mol. The number of carbonyl (C=O) groups excluding carboxylic acids is 1. The molecule has 118 valence electrons. The molecule has 3 unspecified atom stereocenters. The van der Waals surface area contributed by atoms with Gasteiger partial charge in [0.1, 0.15) is 0 Å². The summed E-state index contributed by atoms with van der Waals surface area (Å²) in [6.45, 7) is 7.24. The Morgan fingerprint density at radius 3 is 2.35 bits per heavy atom. The van der Waals surface area contributed by atoms with Crippen molar-refractivity contribution < 1.29 is 14.7 Å². The maximum atomic E-state index is 11.8. The van der Waals surface area contributed by atoms with Gasteiger partial charge in [0, 0.05) is 19.4 Å². The van der Waals surface area contributed by atoms with Crippen LogP contribution < -0.4 is 11.1 Å². The Balaban J connectivity index is 4.16. The van der Waals surface area contributed by atoms with E-state index in [-0.39, 0.29) is 24.2 Å². The van der Waals surface area contributed by atoms with E-state index >= 15 is 0 Å². The average molecular weight is 286 g/mol. The van der Waals surface area contributed by atoms with E-state index in [2.05, 4.69) is 19.2 Å². The van der Waals surface area contributed by atoms with Gasteiger partial charge in [-0.2, -0.15) is 0 Å². The number of nitrogens with one attached hydrogen (secondary N) is 1. The first kappa shape index (κ1) is 18.9. The standard InChI is InChI=1S/C15H30N2O3/c1-4-11(2)7-13(9-15(19)20)10-17-14(18)8-12(3)5-6-16/h11-13H,4-10,16H2,1-3H3,(H,17,18)(H,19,20). The minimum absolute atomic E-state index is 0.00881. The van der Waals surface area contributed by atoms with Crippen molar-refractivity contribution in [2.24, 2.45) is 23.5 Å². The molecule has 0 aliphatic heterocycles. The number of aliphatic carboxylic acids is 1. The summed E-state index contributed by atoms with van der Waals surface area (Å²) >= 11 is 0. The second-order valence-electron chi connectivity index (χ2n) is 5.90.